The summed E-state index contributed by atoms with van der Waals surface area (Å²) in [6.07, 6.45) is 9.26. The fraction of sp³-hybridized carbons (Fsp3) is 0.564. The molecule has 9 rings (SSSR count). The number of rotatable bonds is 26. The van der Waals surface area contributed by atoms with Crippen molar-refractivity contribution >= 4 is 58.8 Å². The van der Waals surface area contributed by atoms with Crippen LogP contribution < -0.4 is 31.1 Å². The van der Waals surface area contributed by atoms with E-state index in [1.807, 2.05) is 18.5 Å². The number of fused-ring (bicyclic) bond motifs is 1. The Bertz CT molecular complexity index is 2730. The zero-order valence-electron chi connectivity index (χ0n) is 45.1. The molecule has 6 aliphatic rings. The van der Waals surface area contributed by atoms with Crippen LogP contribution in [0.2, 0.25) is 0 Å². The fourth-order valence-corrected chi connectivity index (χ4v) is 10.5. The minimum Gasteiger partial charge on any atom is -0.383 e. The molecular weight excluding hydrogens is 1030 g/mol. The number of carbonyl (C=O) groups is 5. The summed E-state index contributed by atoms with van der Waals surface area (Å²) in [4.78, 5) is 78.8. The molecule has 6 aliphatic heterocycles. The SMILES string of the molecule is CC1(C)CCN(Cc2cc(F)c(N3CC(=O)NC4(CCN(c5cc(NC6=CN(CCOCCOCCOCCOCCOCCNc7ccc8c(c7)C(=O)N(C7CCC(=O)NC7=O)C8=O)N=CC6)ncn5)CC4)C3)cc2F)CC1. The first-order valence-electron chi connectivity index (χ1n) is 27.3. The zero-order chi connectivity index (χ0) is 55.4. The van der Waals surface area contributed by atoms with E-state index in [1.165, 1.54) is 18.5 Å². The van der Waals surface area contributed by atoms with Crippen LogP contribution in [0.4, 0.5) is 31.8 Å². The van der Waals surface area contributed by atoms with Crippen molar-refractivity contribution in [2.75, 3.05) is 139 Å². The van der Waals surface area contributed by atoms with Crippen molar-refractivity contribution in [3.05, 3.63) is 82.9 Å². The highest BCUT2D eigenvalue weighted by molar-refractivity contribution is 6.23. The third-order valence-electron chi connectivity index (χ3n) is 15.1. The summed E-state index contributed by atoms with van der Waals surface area (Å²) in [6.45, 7) is 13.1. The standard InChI is InChI=1S/C55H72F2N12O10/c1-54(2)8-14-65(15-9-54)33-38-29-44(57)46(31-43(38)56)67-35-50(71)64-55(36-67)10-16-66(17-11-55)48-32-47(59-37-60-48)62-40-7-12-61-68(34-40)18-20-76-22-24-78-26-28-79-27-25-77-23-21-75-19-13-58-39-3-4-41-42(30-39)53(74)69(52(41)73)45-5-6-49(70)63-51(45)72/h3-4,12,29-32,34,37,45,58H,5-11,13-28,33,35-36H2,1-2H3,(H,64,71)(H,59,60,62)(H,63,70,72). The van der Waals surface area contributed by atoms with Crippen LogP contribution in [0.5, 0.6) is 0 Å². The van der Waals surface area contributed by atoms with Gasteiger partial charge in [0.15, 0.2) is 0 Å². The number of anilines is 4. The first kappa shape index (κ1) is 57.0. The second-order valence-electron chi connectivity index (χ2n) is 21.4. The average molecular weight is 1100 g/mol. The highest BCUT2D eigenvalue weighted by Gasteiger charge is 2.45. The van der Waals surface area contributed by atoms with Gasteiger partial charge in [-0.3, -0.25) is 44.1 Å². The number of hydrogen-bond acceptors (Lipinski definition) is 19. The van der Waals surface area contributed by atoms with Gasteiger partial charge in [0.2, 0.25) is 17.7 Å². The summed E-state index contributed by atoms with van der Waals surface area (Å²) in [6, 6.07) is 8.29. The third-order valence-corrected chi connectivity index (χ3v) is 15.1. The monoisotopic (exact) mass is 1100 g/mol. The Morgan fingerprint density at radius 2 is 1.42 bits per heavy atom. The van der Waals surface area contributed by atoms with Crippen molar-refractivity contribution in [1.82, 2.24) is 35.4 Å². The minimum atomic E-state index is -1.01. The highest BCUT2D eigenvalue weighted by atomic mass is 19.1. The number of amides is 5. The molecule has 4 fully saturated rings. The number of nitrogens with zero attached hydrogens (tertiary/aromatic N) is 8. The Morgan fingerprint density at radius 3 is 2.13 bits per heavy atom. The van der Waals surface area contributed by atoms with Crippen molar-refractivity contribution in [2.24, 2.45) is 10.5 Å². The van der Waals surface area contributed by atoms with E-state index in [9.17, 15) is 24.0 Å². The molecule has 426 valence electrons. The van der Waals surface area contributed by atoms with Crippen LogP contribution >= 0.6 is 0 Å². The number of carbonyl (C=O) groups excluding carboxylic acids is 5. The first-order chi connectivity index (χ1) is 38.2. The summed E-state index contributed by atoms with van der Waals surface area (Å²) in [5, 5.41) is 18.2. The maximum Gasteiger partial charge on any atom is 0.262 e. The van der Waals surface area contributed by atoms with Crippen molar-refractivity contribution in [3.63, 3.8) is 0 Å². The van der Waals surface area contributed by atoms with Crippen molar-refractivity contribution < 1.29 is 56.4 Å². The lowest BCUT2D eigenvalue weighted by Gasteiger charge is -2.48. The molecule has 4 N–H and O–H groups in total. The predicted octanol–water partition coefficient (Wildman–Crippen LogP) is 3.89. The summed E-state index contributed by atoms with van der Waals surface area (Å²) in [5.41, 5.74) is 2.09. The number of nitrogens with one attached hydrogen (secondary N) is 4. The van der Waals surface area contributed by atoms with Gasteiger partial charge in [-0.1, -0.05) is 13.8 Å². The lowest BCUT2D eigenvalue weighted by Crippen LogP contribution is -2.66. The van der Waals surface area contributed by atoms with Crippen LogP contribution in [0.1, 0.15) is 85.1 Å². The summed E-state index contributed by atoms with van der Waals surface area (Å²) >= 11 is 0. The molecule has 2 aromatic carbocycles. The molecule has 1 atom stereocenters. The number of aromatic nitrogens is 2. The maximum atomic E-state index is 15.7. The van der Waals surface area contributed by atoms with E-state index in [2.05, 4.69) is 60.0 Å². The molecular formula is C55H72F2N12O10. The fourth-order valence-electron chi connectivity index (χ4n) is 10.5. The quantitative estimate of drug-likeness (QED) is 0.0660. The van der Waals surface area contributed by atoms with Crippen LogP contribution in [0, 0.1) is 17.0 Å². The number of piperidine rings is 3. The summed E-state index contributed by atoms with van der Waals surface area (Å²) < 4.78 is 59.4. The topological polar surface area (TPSA) is 234 Å². The Labute approximate surface area is 458 Å². The number of benzene rings is 2. The van der Waals surface area contributed by atoms with Gasteiger partial charge in [0.1, 0.15) is 35.6 Å². The molecule has 4 saturated heterocycles. The second kappa shape index (κ2) is 26.5. The van der Waals surface area contributed by atoms with Crippen LogP contribution in [0.3, 0.4) is 0 Å². The molecule has 0 bridgehead atoms. The van der Waals surface area contributed by atoms with Gasteiger partial charge in [-0.15, -0.1) is 0 Å². The molecule has 5 amide bonds. The number of imide groups is 2. The minimum absolute atomic E-state index is 0.0381. The largest absolute Gasteiger partial charge is 0.383 e. The average Bonchev–Trinajstić information content (AvgIpc) is 3.78. The highest BCUT2D eigenvalue weighted by Crippen LogP contribution is 2.35. The molecule has 22 nitrogen and oxygen atoms in total. The molecule has 0 aliphatic carbocycles. The van der Waals surface area contributed by atoms with Crippen molar-refractivity contribution in [2.45, 2.75) is 76.9 Å². The number of piperazine rings is 1. The number of hydrogen-bond donors (Lipinski definition) is 4. The Balaban J connectivity index is 0.590. The normalized spacial score (nSPS) is 20.2. The van der Waals surface area contributed by atoms with Gasteiger partial charge in [-0.05, 0) is 74.9 Å². The van der Waals surface area contributed by atoms with Crippen molar-refractivity contribution in [3.8, 4) is 0 Å². The van der Waals surface area contributed by atoms with Gasteiger partial charge in [-0.2, -0.15) is 5.10 Å². The molecule has 79 heavy (non-hydrogen) atoms. The number of likely N-dealkylation sites (tertiary alicyclic amines) is 1. The van der Waals surface area contributed by atoms with Crippen LogP contribution in [0.15, 0.2) is 59.7 Å². The van der Waals surface area contributed by atoms with E-state index in [0.29, 0.717) is 142 Å². The second-order valence-corrected chi connectivity index (χ2v) is 21.4. The lowest BCUT2D eigenvalue weighted by molar-refractivity contribution is -0.136. The molecule has 7 heterocycles. The van der Waals surface area contributed by atoms with Crippen LogP contribution in [0.25, 0.3) is 0 Å². The van der Waals surface area contributed by atoms with E-state index in [0.717, 1.165) is 42.3 Å². The van der Waals surface area contributed by atoms with Crippen LogP contribution in [-0.4, -0.2) is 191 Å². The Morgan fingerprint density at radius 1 is 0.734 bits per heavy atom. The van der Waals surface area contributed by atoms with E-state index in [1.54, 1.807) is 28.1 Å². The van der Waals surface area contributed by atoms with Gasteiger partial charge in [0.05, 0.1) is 102 Å². The van der Waals surface area contributed by atoms with Crippen LogP contribution in [-0.2, 0) is 44.6 Å². The van der Waals surface area contributed by atoms with Crippen molar-refractivity contribution in [1.29, 1.82) is 0 Å². The van der Waals surface area contributed by atoms with E-state index in [-0.39, 0.29) is 47.5 Å². The number of ether oxygens (including phenoxy) is 5. The summed E-state index contributed by atoms with van der Waals surface area (Å²) in [5.74, 6) is -1.97. The number of hydrazone groups is 1. The molecule has 0 saturated carbocycles. The van der Waals surface area contributed by atoms with E-state index < -0.39 is 46.8 Å². The summed E-state index contributed by atoms with van der Waals surface area (Å²) in [7, 11) is 0. The molecule has 1 aromatic heterocycles. The van der Waals surface area contributed by atoms with Gasteiger partial charge in [-0.25, -0.2) is 18.7 Å². The zero-order valence-corrected chi connectivity index (χ0v) is 45.1. The third kappa shape index (κ3) is 15.2. The van der Waals surface area contributed by atoms with Gasteiger partial charge in [0, 0.05) is 87.1 Å². The van der Waals surface area contributed by atoms with Gasteiger partial charge >= 0.3 is 0 Å². The Kier molecular flexibility index (Phi) is 19.1. The smallest absolute Gasteiger partial charge is 0.262 e. The van der Waals surface area contributed by atoms with Gasteiger partial charge < -0.3 is 49.4 Å². The van der Waals surface area contributed by atoms with E-state index >= 15 is 8.78 Å². The Hall–Kier alpha value is -6.70. The molecule has 24 heteroatoms. The van der Waals surface area contributed by atoms with Gasteiger partial charge in [0.25, 0.3) is 11.8 Å². The number of halogens is 2. The molecule has 1 unspecified atom stereocenters. The number of allylic oxidation sites excluding steroid dienone is 1. The predicted molar refractivity (Wildman–Crippen MR) is 288 cm³/mol. The first-order valence-corrected chi connectivity index (χ1v) is 27.3. The molecule has 0 radical (unpaired) electrons. The van der Waals surface area contributed by atoms with E-state index in [4.69, 9.17) is 23.7 Å². The molecule has 3 aromatic rings. The lowest BCUT2D eigenvalue weighted by atomic mass is 9.82. The maximum absolute atomic E-state index is 15.7. The molecule has 1 spiro atoms.